The molecule has 0 spiro atoms. The Morgan fingerprint density at radius 3 is 2.73 bits per heavy atom. The summed E-state index contributed by atoms with van der Waals surface area (Å²) in [7, 11) is 1.66. The zero-order valence-electron chi connectivity index (χ0n) is 8.62. The van der Waals surface area contributed by atoms with E-state index in [0.717, 1.165) is 0 Å². The molecule has 80 valence electrons. The quantitative estimate of drug-likeness (QED) is 0.764. The Bertz CT molecular complexity index is 582. The molecule has 15 heavy (non-hydrogen) atoms. The molecule has 0 saturated heterocycles. The van der Waals surface area contributed by atoms with Gasteiger partial charge >= 0.3 is 0 Å². The molecule has 0 amide bonds. The lowest BCUT2D eigenvalue weighted by Gasteiger charge is -2.04. The second-order valence-corrected chi connectivity index (χ2v) is 3.49. The summed E-state index contributed by atoms with van der Waals surface area (Å²) in [5.74, 6) is -0.425. The van der Waals surface area contributed by atoms with Crippen LogP contribution < -0.4 is 11.3 Å². The molecule has 0 bridgehead atoms. The Morgan fingerprint density at radius 2 is 2.13 bits per heavy atom. The van der Waals surface area contributed by atoms with Crippen LogP contribution in [0.3, 0.4) is 0 Å². The maximum Gasteiger partial charge on any atom is 0.262 e. The van der Waals surface area contributed by atoms with Gasteiger partial charge in [-0.2, -0.15) is 0 Å². The minimum absolute atomic E-state index is 0.244. The van der Waals surface area contributed by atoms with Gasteiger partial charge < -0.3 is 14.9 Å². The predicted octanol–water partition coefficient (Wildman–Crippen LogP) is 1.08. The Hall–Kier alpha value is -1.78. The van der Waals surface area contributed by atoms with Gasteiger partial charge in [0.1, 0.15) is 0 Å². The first-order valence-corrected chi connectivity index (χ1v) is 4.69. The van der Waals surface area contributed by atoms with Crippen LogP contribution >= 0.6 is 0 Å². The van der Waals surface area contributed by atoms with Crippen LogP contribution in [0.1, 0.15) is 6.92 Å². The number of aromatic nitrogens is 2. The Labute approximate surface area is 85.7 Å². The van der Waals surface area contributed by atoms with Gasteiger partial charge in [-0.25, -0.2) is 4.39 Å². The molecule has 2 N–H and O–H groups in total. The van der Waals surface area contributed by atoms with Crippen molar-refractivity contribution in [2.24, 2.45) is 7.05 Å². The van der Waals surface area contributed by atoms with E-state index in [0.29, 0.717) is 12.2 Å². The number of anilines is 1. The lowest BCUT2D eigenvalue weighted by molar-refractivity contribution is 0.598. The summed E-state index contributed by atoms with van der Waals surface area (Å²) in [4.78, 5) is 11.8. The molecular formula is C10H12FN3O. The highest BCUT2D eigenvalue weighted by Crippen LogP contribution is 2.21. The van der Waals surface area contributed by atoms with Gasteiger partial charge in [0.05, 0.1) is 16.6 Å². The van der Waals surface area contributed by atoms with Crippen molar-refractivity contribution in [2.45, 2.75) is 13.5 Å². The van der Waals surface area contributed by atoms with Crippen molar-refractivity contribution < 1.29 is 4.39 Å². The second kappa shape index (κ2) is 3.12. The Kier molecular flexibility index (Phi) is 2.03. The van der Waals surface area contributed by atoms with Crippen molar-refractivity contribution in [1.82, 2.24) is 9.13 Å². The first-order chi connectivity index (χ1) is 7.06. The fraction of sp³-hybridized carbons (Fsp3) is 0.300. The van der Waals surface area contributed by atoms with Crippen LogP contribution in [-0.4, -0.2) is 9.13 Å². The fourth-order valence-corrected chi connectivity index (χ4v) is 1.80. The van der Waals surface area contributed by atoms with E-state index in [1.165, 1.54) is 15.3 Å². The van der Waals surface area contributed by atoms with E-state index in [4.69, 9.17) is 5.73 Å². The molecule has 5 heteroatoms. The molecular weight excluding hydrogens is 197 g/mol. The van der Waals surface area contributed by atoms with Crippen molar-refractivity contribution in [1.29, 1.82) is 0 Å². The summed E-state index contributed by atoms with van der Waals surface area (Å²) in [6, 6.07) is 0. The van der Waals surface area contributed by atoms with Crippen molar-refractivity contribution in [2.75, 3.05) is 5.73 Å². The number of nitrogen functional groups attached to an aromatic ring is 1. The zero-order chi connectivity index (χ0) is 11.2. The van der Waals surface area contributed by atoms with Crippen LogP contribution in [0.25, 0.3) is 10.9 Å². The van der Waals surface area contributed by atoms with Gasteiger partial charge in [-0.1, -0.05) is 0 Å². The average molecular weight is 209 g/mol. The summed E-state index contributed by atoms with van der Waals surface area (Å²) in [6.45, 7) is 2.21. The minimum Gasteiger partial charge on any atom is -0.397 e. The fourth-order valence-electron chi connectivity index (χ4n) is 1.80. The molecule has 0 radical (unpaired) electrons. The third-order valence-electron chi connectivity index (χ3n) is 2.52. The van der Waals surface area contributed by atoms with E-state index in [1.54, 1.807) is 20.2 Å². The van der Waals surface area contributed by atoms with E-state index in [2.05, 4.69) is 0 Å². The van der Waals surface area contributed by atoms with Crippen molar-refractivity contribution in [3.05, 3.63) is 28.6 Å². The van der Waals surface area contributed by atoms with E-state index < -0.39 is 5.82 Å². The molecule has 0 aliphatic carbocycles. The number of rotatable bonds is 1. The molecule has 0 saturated carbocycles. The number of aryl methyl sites for hydroxylation is 2. The predicted molar refractivity (Wildman–Crippen MR) is 57.2 cm³/mol. The van der Waals surface area contributed by atoms with Crippen LogP contribution in [0.5, 0.6) is 0 Å². The number of hydrogen-bond donors (Lipinski definition) is 1. The largest absolute Gasteiger partial charge is 0.397 e. The van der Waals surface area contributed by atoms with E-state index >= 15 is 0 Å². The number of hydrogen-bond acceptors (Lipinski definition) is 2. The maximum absolute atomic E-state index is 13.7. The maximum atomic E-state index is 13.7. The highest BCUT2D eigenvalue weighted by molar-refractivity contribution is 5.91. The average Bonchev–Trinajstić information content (AvgIpc) is 2.48. The SMILES string of the molecule is CCn1cc(F)c2c(c(N)cn2C)c1=O. The summed E-state index contributed by atoms with van der Waals surface area (Å²) in [5.41, 5.74) is 6.01. The van der Waals surface area contributed by atoms with E-state index in [1.807, 2.05) is 0 Å². The summed E-state index contributed by atoms with van der Waals surface area (Å²) in [5, 5.41) is 0.263. The Morgan fingerprint density at radius 1 is 1.47 bits per heavy atom. The number of nitrogens with two attached hydrogens (primary N) is 1. The van der Waals surface area contributed by atoms with Crippen LogP contribution in [0.4, 0.5) is 10.1 Å². The van der Waals surface area contributed by atoms with Gasteiger partial charge in [0.15, 0.2) is 5.82 Å². The number of fused-ring (bicyclic) bond motifs is 1. The lowest BCUT2D eigenvalue weighted by atomic mass is 10.3. The third kappa shape index (κ3) is 1.23. The smallest absolute Gasteiger partial charge is 0.262 e. The molecule has 0 unspecified atom stereocenters. The number of pyridine rings is 1. The number of nitrogens with zero attached hydrogens (tertiary/aromatic N) is 2. The normalized spacial score (nSPS) is 11.1. The summed E-state index contributed by atoms with van der Waals surface area (Å²) < 4.78 is 16.5. The lowest BCUT2D eigenvalue weighted by Crippen LogP contribution is -2.20. The highest BCUT2D eigenvalue weighted by Gasteiger charge is 2.14. The van der Waals surface area contributed by atoms with Gasteiger partial charge in [-0.3, -0.25) is 4.79 Å². The molecule has 0 atom stereocenters. The van der Waals surface area contributed by atoms with Crippen molar-refractivity contribution in [3.8, 4) is 0 Å². The Balaban J connectivity index is 3.03. The van der Waals surface area contributed by atoms with Crippen LogP contribution in [0.15, 0.2) is 17.2 Å². The van der Waals surface area contributed by atoms with Crippen molar-refractivity contribution >= 4 is 16.6 Å². The van der Waals surface area contributed by atoms with Gasteiger partial charge in [-0.05, 0) is 6.92 Å². The molecule has 2 heterocycles. The monoisotopic (exact) mass is 209 g/mol. The van der Waals surface area contributed by atoms with Crippen LogP contribution in [0, 0.1) is 5.82 Å². The highest BCUT2D eigenvalue weighted by atomic mass is 19.1. The molecule has 2 rings (SSSR count). The van der Waals surface area contributed by atoms with Crippen molar-refractivity contribution in [3.63, 3.8) is 0 Å². The van der Waals surface area contributed by atoms with Gasteiger partial charge in [0, 0.05) is 26.0 Å². The minimum atomic E-state index is -0.425. The van der Waals surface area contributed by atoms with E-state index in [9.17, 15) is 9.18 Å². The molecule has 0 aliphatic rings. The molecule has 0 fully saturated rings. The standard InChI is InChI=1S/C10H12FN3O/c1-3-14-4-6(11)9-8(10(14)15)7(12)5-13(9)2/h4-5H,3,12H2,1-2H3. The van der Waals surface area contributed by atoms with Gasteiger partial charge in [-0.15, -0.1) is 0 Å². The molecule has 4 nitrogen and oxygen atoms in total. The first-order valence-electron chi connectivity index (χ1n) is 4.69. The van der Waals surface area contributed by atoms with Gasteiger partial charge in [0.25, 0.3) is 5.56 Å². The zero-order valence-corrected chi connectivity index (χ0v) is 8.62. The second-order valence-electron chi connectivity index (χ2n) is 3.49. The molecule has 0 aromatic carbocycles. The molecule has 0 aliphatic heterocycles. The summed E-state index contributed by atoms with van der Waals surface area (Å²) >= 11 is 0. The molecule has 2 aromatic rings. The number of halogens is 1. The molecule has 2 aromatic heterocycles. The van der Waals surface area contributed by atoms with E-state index in [-0.39, 0.29) is 16.5 Å². The topological polar surface area (TPSA) is 52.9 Å². The third-order valence-corrected chi connectivity index (χ3v) is 2.52. The first kappa shape index (κ1) is 9.76. The van der Waals surface area contributed by atoms with Crippen LogP contribution in [-0.2, 0) is 13.6 Å². The van der Waals surface area contributed by atoms with Crippen LogP contribution in [0.2, 0.25) is 0 Å². The van der Waals surface area contributed by atoms with Gasteiger partial charge in [0.2, 0.25) is 0 Å². The summed E-state index contributed by atoms with van der Waals surface area (Å²) in [6.07, 6.45) is 2.76.